The minimum absolute atomic E-state index is 0.176. The normalized spacial score (nSPS) is 10.4. The third-order valence-electron chi connectivity index (χ3n) is 3.89. The molecule has 0 fully saturated rings. The number of oxazole rings is 1. The van der Waals surface area contributed by atoms with Gasteiger partial charge in [0.05, 0.1) is 14.2 Å². The van der Waals surface area contributed by atoms with E-state index < -0.39 is 0 Å². The van der Waals surface area contributed by atoms with Crippen LogP contribution in [-0.2, 0) is 6.61 Å². The molecule has 0 radical (unpaired) electrons. The summed E-state index contributed by atoms with van der Waals surface area (Å²) in [7, 11) is 3.01. The standard InChI is InChI=1S/C20H19NO5/c1-13-16(21-20(26-13)15-7-5-4-6-8-15)12-25-19-17(23-2)9-14(11-22)10-18(19)24-3/h4-11H,12H2,1-3H3. The highest BCUT2D eigenvalue weighted by Gasteiger charge is 2.17. The van der Waals surface area contributed by atoms with Gasteiger partial charge in [0.25, 0.3) is 0 Å². The first-order valence-corrected chi connectivity index (χ1v) is 8.02. The maximum absolute atomic E-state index is 11.0. The Morgan fingerprint density at radius 2 is 1.73 bits per heavy atom. The summed E-state index contributed by atoms with van der Waals surface area (Å²) in [5, 5.41) is 0. The number of carbonyl (C=O) groups is 1. The van der Waals surface area contributed by atoms with Crippen LogP contribution < -0.4 is 14.2 Å². The van der Waals surface area contributed by atoms with Crippen molar-refractivity contribution in [3.05, 3.63) is 59.5 Å². The Morgan fingerprint density at radius 1 is 1.08 bits per heavy atom. The molecule has 0 spiro atoms. The van der Waals surface area contributed by atoms with E-state index in [9.17, 15) is 4.79 Å². The van der Waals surface area contributed by atoms with Crippen molar-refractivity contribution in [2.75, 3.05) is 14.2 Å². The second-order valence-electron chi connectivity index (χ2n) is 5.55. The summed E-state index contributed by atoms with van der Waals surface area (Å²) in [5.74, 6) is 2.44. The third-order valence-corrected chi connectivity index (χ3v) is 3.89. The predicted molar refractivity (Wildman–Crippen MR) is 95.9 cm³/mol. The number of aldehydes is 1. The van der Waals surface area contributed by atoms with Crippen molar-refractivity contribution in [3.8, 4) is 28.7 Å². The fraction of sp³-hybridized carbons (Fsp3) is 0.200. The van der Waals surface area contributed by atoms with Crippen LogP contribution in [0.4, 0.5) is 0 Å². The molecule has 26 heavy (non-hydrogen) atoms. The number of aromatic nitrogens is 1. The maximum atomic E-state index is 11.0. The monoisotopic (exact) mass is 353 g/mol. The Morgan fingerprint density at radius 3 is 2.31 bits per heavy atom. The fourth-order valence-electron chi connectivity index (χ4n) is 2.52. The van der Waals surface area contributed by atoms with E-state index in [0.29, 0.717) is 40.2 Å². The number of hydrogen-bond acceptors (Lipinski definition) is 6. The molecule has 0 bridgehead atoms. The summed E-state index contributed by atoms with van der Waals surface area (Å²) in [6.07, 6.45) is 0.725. The molecule has 6 nitrogen and oxygen atoms in total. The summed E-state index contributed by atoms with van der Waals surface area (Å²) >= 11 is 0. The van der Waals surface area contributed by atoms with Crippen LogP contribution in [0.25, 0.3) is 11.5 Å². The zero-order valence-electron chi connectivity index (χ0n) is 14.8. The number of hydrogen-bond donors (Lipinski definition) is 0. The van der Waals surface area contributed by atoms with Gasteiger partial charge in [-0.15, -0.1) is 0 Å². The van der Waals surface area contributed by atoms with Crippen molar-refractivity contribution in [1.82, 2.24) is 4.98 Å². The number of methoxy groups -OCH3 is 2. The van der Waals surface area contributed by atoms with Crippen LogP contribution in [0.3, 0.4) is 0 Å². The molecule has 1 aromatic heterocycles. The van der Waals surface area contributed by atoms with Crippen molar-refractivity contribution in [2.24, 2.45) is 0 Å². The van der Waals surface area contributed by atoms with Gasteiger partial charge in [0.1, 0.15) is 24.3 Å². The lowest BCUT2D eigenvalue weighted by atomic mass is 10.2. The highest BCUT2D eigenvalue weighted by Crippen LogP contribution is 2.39. The first-order valence-electron chi connectivity index (χ1n) is 8.02. The number of benzene rings is 2. The molecule has 0 aliphatic rings. The number of nitrogens with zero attached hydrogens (tertiary/aromatic N) is 1. The van der Waals surface area contributed by atoms with Gasteiger partial charge in [0.2, 0.25) is 11.6 Å². The van der Waals surface area contributed by atoms with Gasteiger partial charge >= 0.3 is 0 Å². The topological polar surface area (TPSA) is 70.8 Å². The van der Waals surface area contributed by atoms with Crippen molar-refractivity contribution >= 4 is 6.29 Å². The van der Waals surface area contributed by atoms with E-state index in [-0.39, 0.29) is 6.61 Å². The van der Waals surface area contributed by atoms with E-state index in [4.69, 9.17) is 18.6 Å². The van der Waals surface area contributed by atoms with E-state index in [2.05, 4.69) is 4.98 Å². The van der Waals surface area contributed by atoms with E-state index in [0.717, 1.165) is 11.8 Å². The molecule has 0 N–H and O–H groups in total. The molecule has 0 saturated carbocycles. The molecule has 3 aromatic rings. The zero-order valence-corrected chi connectivity index (χ0v) is 14.8. The first-order chi connectivity index (χ1) is 12.7. The quantitative estimate of drug-likeness (QED) is 0.597. The molecular formula is C20H19NO5. The highest BCUT2D eigenvalue weighted by atomic mass is 16.5. The minimum Gasteiger partial charge on any atom is -0.493 e. The first kappa shape index (κ1) is 17.5. The summed E-state index contributed by atoms with van der Waals surface area (Å²) < 4.78 is 22.2. The molecule has 0 aliphatic heterocycles. The van der Waals surface area contributed by atoms with Gasteiger partial charge < -0.3 is 18.6 Å². The van der Waals surface area contributed by atoms with Gasteiger partial charge in [-0.25, -0.2) is 4.98 Å². The van der Waals surface area contributed by atoms with E-state index >= 15 is 0 Å². The van der Waals surface area contributed by atoms with Gasteiger partial charge in [0, 0.05) is 11.1 Å². The lowest BCUT2D eigenvalue weighted by Gasteiger charge is -2.14. The van der Waals surface area contributed by atoms with E-state index in [1.165, 1.54) is 14.2 Å². The van der Waals surface area contributed by atoms with Crippen molar-refractivity contribution < 1.29 is 23.4 Å². The molecule has 0 saturated heterocycles. The summed E-state index contributed by atoms with van der Waals surface area (Å²) in [5.41, 5.74) is 2.01. The Kier molecular flexibility index (Phi) is 5.22. The largest absolute Gasteiger partial charge is 0.493 e. The van der Waals surface area contributed by atoms with Crippen LogP contribution in [0.15, 0.2) is 46.9 Å². The van der Waals surface area contributed by atoms with Crippen molar-refractivity contribution in [2.45, 2.75) is 13.5 Å². The average Bonchev–Trinajstić information content (AvgIpc) is 3.07. The van der Waals surface area contributed by atoms with Gasteiger partial charge in [-0.3, -0.25) is 4.79 Å². The second-order valence-corrected chi connectivity index (χ2v) is 5.55. The summed E-state index contributed by atoms with van der Waals surface area (Å²) in [6, 6.07) is 12.8. The Labute approximate surface area is 151 Å². The smallest absolute Gasteiger partial charge is 0.226 e. The van der Waals surface area contributed by atoms with E-state index in [1.54, 1.807) is 12.1 Å². The average molecular weight is 353 g/mol. The molecule has 0 unspecified atom stereocenters. The predicted octanol–water partition coefficient (Wildman–Crippen LogP) is 4.06. The molecule has 1 heterocycles. The number of carbonyl (C=O) groups excluding carboxylic acids is 1. The van der Waals surface area contributed by atoms with Gasteiger partial charge in [0.15, 0.2) is 11.5 Å². The Hall–Kier alpha value is -3.28. The molecule has 3 rings (SSSR count). The lowest BCUT2D eigenvalue weighted by Crippen LogP contribution is -2.02. The third kappa shape index (κ3) is 3.54. The number of ether oxygens (including phenoxy) is 3. The van der Waals surface area contributed by atoms with Crippen molar-refractivity contribution in [1.29, 1.82) is 0 Å². The summed E-state index contributed by atoms with van der Waals surface area (Å²) in [4.78, 5) is 15.6. The van der Waals surface area contributed by atoms with Crippen LogP contribution in [0.1, 0.15) is 21.8 Å². The van der Waals surface area contributed by atoms with Gasteiger partial charge in [-0.1, -0.05) is 18.2 Å². The zero-order chi connectivity index (χ0) is 18.5. The number of aryl methyl sites for hydroxylation is 1. The van der Waals surface area contributed by atoms with Gasteiger partial charge in [-0.05, 0) is 31.2 Å². The highest BCUT2D eigenvalue weighted by molar-refractivity contribution is 5.78. The van der Waals surface area contributed by atoms with Crippen LogP contribution >= 0.6 is 0 Å². The molecule has 2 aromatic carbocycles. The number of rotatable bonds is 7. The van der Waals surface area contributed by atoms with Crippen LogP contribution in [-0.4, -0.2) is 25.5 Å². The fourth-order valence-corrected chi connectivity index (χ4v) is 2.52. The van der Waals surface area contributed by atoms with Gasteiger partial charge in [-0.2, -0.15) is 0 Å². The molecule has 0 aliphatic carbocycles. The molecular weight excluding hydrogens is 334 g/mol. The van der Waals surface area contributed by atoms with Crippen LogP contribution in [0.2, 0.25) is 0 Å². The van der Waals surface area contributed by atoms with Crippen LogP contribution in [0, 0.1) is 6.92 Å². The second kappa shape index (κ2) is 7.74. The maximum Gasteiger partial charge on any atom is 0.226 e. The Balaban J connectivity index is 1.86. The van der Waals surface area contributed by atoms with E-state index in [1.807, 2.05) is 37.3 Å². The molecule has 0 atom stereocenters. The lowest BCUT2D eigenvalue weighted by molar-refractivity contribution is 0.112. The van der Waals surface area contributed by atoms with Crippen LogP contribution in [0.5, 0.6) is 17.2 Å². The SMILES string of the molecule is COc1cc(C=O)cc(OC)c1OCc1nc(-c2ccccc2)oc1C. The molecule has 0 amide bonds. The summed E-state index contributed by atoms with van der Waals surface area (Å²) in [6.45, 7) is 2.01. The minimum atomic E-state index is 0.176. The molecule has 134 valence electrons. The molecule has 6 heteroatoms. The van der Waals surface area contributed by atoms with Crippen molar-refractivity contribution in [3.63, 3.8) is 0 Å². The Bertz CT molecular complexity index is 877.